The average molecular weight is 343 g/mol. The summed E-state index contributed by atoms with van der Waals surface area (Å²) in [5.41, 5.74) is 2.03. The fourth-order valence-electron chi connectivity index (χ4n) is 2.41. The third-order valence-corrected chi connectivity index (χ3v) is 3.97. The van der Waals surface area contributed by atoms with Gasteiger partial charge in [-0.05, 0) is 31.5 Å². The van der Waals surface area contributed by atoms with Crippen molar-refractivity contribution < 1.29 is 9.59 Å². The van der Waals surface area contributed by atoms with E-state index < -0.39 is 0 Å². The minimum absolute atomic E-state index is 0.0151. The number of aryl methyl sites for hydroxylation is 1. The third kappa shape index (κ3) is 5.07. The highest BCUT2D eigenvalue weighted by Gasteiger charge is 2.11. The number of rotatable bonds is 6. The molecule has 3 amide bonds. The van der Waals surface area contributed by atoms with E-state index in [4.69, 9.17) is 0 Å². The monoisotopic (exact) mass is 343 g/mol. The minimum atomic E-state index is -0.284. The van der Waals surface area contributed by atoms with Gasteiger partial charge in [0.1, 0.15) is 5.82 Å². The second kappa shape index (κ2) is 8.32. The number of hydrogen-bond donors (Lipinski definition) is 2. The number of imidazole rings is 1. The molecule has 1 aromatic heterocycles. The summed E-state index contributed by atoms with van der Waals surface area (Å²) in [6.45, 7) is 4.18. The number of nitrogens with zero attached hydrogens (tertiary/aromatic N) is 3. The van der Waals surface area contributed by atoms with Crippen molar-refractivity contribution in [3.8, 4) is 5.69 Å². The van der Waals surface area contributed by atoms with Gasteiger partial charge in [0.25, 0.3) is 0 Å². The van der Waals surface area contributed by atoms with Gasteiger partial charge < -0.3 is 20.1 Å². The lowest BCUT2D eigenvalue weighted by molar-refractivity contribution is -0.128. The molecule has 1 aromatic carbocycles. The molecule has 0 fully saturated rings. The Bertz CT molecular complexity index is 721. The highest BCUT2D eigenvalue weighted by Crippen LogP contribution is 2.16. The van der Waals surface area contributed by atoms with Gasteiger partial charge in [0, 0.05) is 45.1 Å². The number of hydrogen-bond acceptors (Lipinski definition) is 3. The van der Waals surface area contributed by atoms with Gasteiger partial charge in [-0.15, -0.1) is 0 Å². The molecular weight excluding hydrogens is 318 g/mol. The summed E-state index contributed by atoms with van der Waals surface area (Å²) in [7, 11) is 3.39. The van der Waals surface area contributed by atoms with Crippen LogP contribution in [0.3, 0.4) is 0 Å². The SMILES string of the molecule is Cc1nccn1-c1ccc(C(C)NC(=O)NCCC(=O)N(C)C)cc1. The first-order chi connectivity index (χ1) is 11.9. The molecular formula is C18H25N5O2. The van der Waals surface area contributed by atoms with Crippen LogP contribution >= 0.6 is 0 Å². The van der Waals surface area contributed by atoms with Crippen LogP contribution in [0.4, 0.5) is 4.79 Å². The van der Waals surface area contributed by atoms with Crippen molar-refractivity contribution in [1.29, 1.82) is 0 Å². The summed E-state index contributed by atoms with van der Waals surface area (Å²) in [6.07, 6.45) is 3.96. The maximum absolute atomic E-state index is 11.9. The van der Waals surface area contributed by atoms with Crippen molar-refractivity contribution in [3.63, 3.8) is 0 Å². The lowest BCUT2D eigenvalue weighted by Gasteiger charge is -2.16. The Morgan fingerprint density at radius 1 is 1.24 bits per heavy atom. The molecule has 25 heavy (non-hydrogen) atoms. The largest absolute Gasteiger partial charge is 0.349 e. The standard InChI is InChI=1S/C18H25N5O2/c1-13(21-18(25)20-10-9-17(24)22(3)4)15-5-7-16(8-6-15)23-12-11-19-14(23)2/h5-8,11-13H,9-10H2,1-4H3,(H2,20,21,25). The Balaban J connectivity index is 1.86. The van der Waals surface area contributed by atoms with Crippen LogP contribution in [-0.4, -0.2) is 47.0 Å². The molecule has 0 saturated carbocycles. The van der Waals surface area contributed by atoms with E-state index in [0.29, 0.717) is 6.54 Å². The smallest absolute Gasteiger partial charge is 0.315 e. The van der Waals surface area contributed by atoms with Crippen molar-refractivity contribution in [2.45, 2.75) is 26.3 Å². The topological polar surface area (TPSA) is 79.3 Å². The molecule has 0 aliphatic heterocycles. The molecule has 7 nitrogen and oxygen atoms in total. The van der Waals surface area contributed by atoms with Crippen molar-refractivity contribution >= 4 is 11.9 Å². The van der Waals surface area contributed by atoms with Gasteiger partial charge in [0.2, 0.25) is 5.91 Å². The Labute approximate surface area is 148 Å². The van der Waals surface area contributed by atoms with Crippen molar-refractivity contribution in [1.82, 2.24) is 25.1 Å². The molecule has 0 aliphatic rings. The second-order valence-electron chi connectivity index (χ2n) is 6.10. The van der Waals surface area contributed by atoms with Gasteiger partial charge in [-0.2, -0.15) is 0 Å². The lowest BCUT2D eigenvalue weighted by atomic mass is 10.1. The van der Waals surface area contributed by atoms with Gasteiger partial charge in [-0.1, -0.05) is 12.1 Å². The van der Waals surface area contributed by atoms with E-state index in [9.17, 15) is 9.59 Å². The van der Waals surface area contributed by atoms with Crippen LogP contribution in [0.25, 0.3) is 5.69 Å². The number of nitrogens with one attached hydrogen (secondary N) is 2. The van der Waals surface area contributed by atoms with Gasteiger partial charge in [0.05, 0.1) is 6.04 Å². The third-order valence-electron chi connectivity index (χ3n) is 3.97. The van der Waals surface area contributed by atoms with Gasteiger partial charge in [-0.3, -0.25) is 4.79 Å². The molecule has 1 heterocycles. The van der Waals surface area contributed by atoms with Crippen molar-refractivity contribution in [2.24, 2.45) is 0 Å². The summed E-state index contributed by atoms with van der Waals surface area (Å²) in [5, 5.41) is 5.57. The van der Waals surface area contributed by atoms with Crippen molar-refractivity contribution in [2.75, 3.05) is 20.6 Å². The molecule has 0 saturated heterocycles. The Morgan fingerprint density at radius 3 is 2.48 bits per heavy atom. The molecule has 0 bridgehead atoms. The Morgan fingerprint density at radius 2 is 1.92 bits per heavy atom. The molecule has 0 radical (unpaired) electrons. The summed E-state index contributed by atoms with van der Waals surface area (Å²) in [6, 6.07) is 7.53. The highest BCUT2D eigenvalue weighted by atomic mass is 16.2. The Kier molecular flexibility index (Phi) is 6.16. The van der Waals surface area contributed by atoms with Gasteiger partial charge >= 0.3 is 6.03 Å². The number of benzene rings is 1. The van der Waals surface area contributed by atoms with Crippen LogP contribution in [0.15, 0.2) is 36.7 Å². The zero-order chi connectivity index (χ0) is 18.4. The highest BCUT2D eigenvalue weighted by molar-refractivity contribution is 5.78. The second-order valence-corrected chi connectivity index (χ2v) is 6.10. The summed E-state index contributed by atoms with van der Waals surface area (Å²) in [5.74, 6) is 0.907. The molecule has 1 atom stereocenters. The number of urea groups is 1. The zero-order valence-electron chi connectivity index (χ0n) is 15.1. The van der Waals surface area contributed by atoms with Crippen LogP contribution < -0.4 is 10.6 Å². The van der Waals surface area contributed by atoms with Gasteiger partial charge in [0.15, 0.2) is 0 Å². The average Bonchev–Trinajstić information content (AvgIpc) is 3.00. The predicted octanol–water partition coefficient (Wildman–Crippen LogP) is 2.02. The predicted molar refractivity (Wildman–Crippen MR) is 96.6 cm³/mol. The van der Waals surface area contributed by atoms with Crippen LogP contribution in [0.1, 0.15) is 30.8 Å². The first-order valence-corrected chi connectivity index (χ1v) is 8.23. The van der Waals surface area contributed by atoms with E-state index in [1.165, 1.54) is 4.90 Å². The van der Waals surface area contributed by atoms with E-state index in [1.54, 1.807) is 20.3 Å². The van der Waals surface area contributed by atoms with E-state index in [1.807, 2.05) is 48.9 Å². The first kappa shape index (κ1) is 18.5. The normalized spacial score (nSPS) is 11.7. The molecule has 0 spiro atoms. The molecule has 1 unspecified atom stereocenters. The summed E-state index contributed by atoms with van der Waals surface area (Å²) < 4.78 is 2.00. The number of carbonyl (C=O) groups excluding carboxylic acids is 2. The molecule has 2 aromatic rings. The fraction of sp³-hybridized carbons (Fsp3) is 0.389. The maximum Gasteiger partial charge on any atom is 0.315 e. The fourth-order valence-corrected chi connectivity index (χ4v) is 2.41. The van der Waals surface area contributed by atoms with Crippen LogP contribution in [0.2, 0.25) is 0 Å². The van der Waals surface area contributed by atoms with Gasteiger partial charge in [-0.25, -0.2) is 9.78 Å². The van der Waals surface area contributed by atoms with Crippen molar-refractivity contribution in [3.05, 3.63) is 48.0 Å². The number of amides is 3. The Hall–Kier alpha value is -2.83. The molecule has 0 aliphatic carbocycles. The summed E-state index contributed by atoms with van der Waals surface area (Å²) in [4.78, 5) is 29.1. The van der Waals surface area contributed by atoms with Crippen LogP contribution in [-0.2, 0) is 4.79 Å². The molecule has 7 heteroatoms. The van der Waals surface area contributed by atoms with E-state index in [0.717, 1.165) is 17.1 Å². The van der Waals surface area contributed by atoms with E-state index in [2.05, 4.69) is 15.6 Å². The van der Waals surface area contributed by atoms with Crippen LogP contribution in [0, 0.1) is 6.92 Å². The number of aromatic nitrogens is 2. The molecule has 2 rings (SSSR count). The van der Waals surface area contributed by atoms with Crippen LogP contribution in [0.5, 0.6) is 0 Å². The first-order valence-electron chi connectivity index (χ1n) is 8.23. The zero-order valence-corrected chi connectivity index (χ0v) is 15.1. The maximum atomic E-state index is 11.9. The van der Waals surface area contributed by atoms with E-state index in [-0.39, 0.29) is 24.4 Å². The number of carbonyl (C=O) groups is 2. The lowest BCUT2D eigenvalue weighted by Crippen LogP contribution is -2.38. The quantitative estimate of drug-likeness (QED) is 0.842. The molecule has 134 valence electrons. The minimum Gasteiger partial charge on any atom is -0.349 e. The molecule has 2 N–H and O–H groups in total. The summed E-state index contributed by atoms with van der Waals surface area (Å²) >= 11 is 0. The van der Waals surface area contributed by atoms with E-state index >= 15 is 0 Å².